The summed E-state index contributed by atoms with van der Waals surface area (Å²) in [6.45, 7) is 7.80. The van der Waals surface area contributed by atoms with Gasteiger partial charge in [-0.15, -0.1) is 0 Å². The van der Waals surface area contributed by atoms with Gasteiger partial charge in [0.25, 0.3) is 0 Å². The largest absolute Gasteiger partial charge is 0.399 e. The maximum atomic E-state index is 5.75. The van der Waals surface area contributed by atoms with Gasteiger partial charge in [0.2, 0.25) is 0 Å². The van der Waals surface area contributed by atoms with E-state index in [0.29, 0.717) is 6.04 Å². The minimum Gasteiger partial charge on any atom is -0.399 e. The summed E-state index contributed by atoms with van der Waals surface area (Å²) >= 11 is 0. The molecule has 0 aliphatic carbocycles. The van der Waals surface area contributed by atoms with Crippen LogP contribution in [0.4, 0.5) is 11.4 Å². The summed E-state index contributed by atoms with van der Waals surface area (Å²) in [4.78, 5) is 2.56. The van der Waals surface area contributed by atoms with E-state index in [1.54, 1.807) is 0 Å². The number of hydrogen-bond acceptors (Lipinski definition) is 3. The molecule has 3 N–H and O–H groups in total. The Bertz CT molecular complexity index is 376. The molecule has 1 fully saturated rings. The zero-order valence-electron chi connectivity index (χ0n) is 10.9. The fourth-order valence-electron chi connectivity index (χ4n) is 2.66. The minimum atomic E-state index is 0.692. The van der Waals surface area contributed by atoms with Gasteiger partial charge in [-0.1, -0.05) is 6.92 Å². The number of nitrogens with zero attached hydrogens (tertiary/aromatic N) is 1. The molecule has 1 aromatic carbocycles. The maximum absolute atomic E-state index is 5.75. The molecule has 3 heteroatoms. The highest BCUT2D eigenvalue weighted by atomic mass is 15.2. The summed E-state index contributed by atoms with van der Waals surface area (Å²) in [5, 5.41) is 3.55. The number of likely N-dealkylation sites (tertiary alicyclic amines) is 1. The van der Waals surface area contributed by atoms with Gasteiger partial charge in [0.05, 0.1) is 0 Å². The topological polar surface area (TPSA) is 41.3 Å². The lowest BCUT2D eigenvalue weighted by atomic mass is 10.1. The maximum Gasteiger partial charge on any atom is 0.0371 e. The number of likely N-dealkylation sites (N-methyl/N-ethyl adjacent to an activating group) is 1. The molecule has 1 atom stereocenters. The Morgan fingerprint density at radius 3 is 3.00 bits per heavy atom. The Hall–Kier alpha value is -1.22. The van der Waals surface area contributed by atoms with E-state index < -0.39 is 0 Å². The van der Waals surface area contributed by atoms with Crippen LogP contribution in [-0.4, -0.2) is 30.6 Å². The first-order chi connectivity index (χ1) is 8.20. The average molecular weight is 233 g/mol. The molecule has 94 valence electrons. The van der Waals surface area contributed by atoms with Crippen LogP contribution in [0.1, 0.15) is 25.3 Å². The van der Waals surface area contributed by atoms with E-state index in [1.165, 1.54) is 30.6 Å². The number of anilines is 2. The van der Waals surface area contributed by atoms with Crippen LogP contribution in [0, 0.1) is 6.92 Å². The zero-order chi connectivity index (χ0) is 12.3. The van der Waals surface area contributed by atoms with Crippen molar-refractivity contribution >= 4 is 11.4 Å². The summed E-state index contributed by atoms with van der Waals surface area (Å²) in [6, 6.07) is 6.75. The van der Waals surface area contributed by atoms with E-state index in [4.69, 9.17) is 5.73 Å². The van der Waals surface area contributed by atoms with Gasteiger partial charge >= 0.3 is 0 Å². The first-order valence-corrected chi connectivity index (χ1v) is 6.54. The highest BCUT2D eigenvalue weighted by Crippen LogP contribution is 2.20. The Balaban J connectivity index is 1.93. The van der Waals surface area contributed by atoms with Crippen LogP contribution in [0.25, 0.3) is 0 Å². The quantitative estimate of drug-likeness (QED) is 0.785. The normalized spacial score (nSPS) is 20.7. The van der Waals surface area contributed by atoms with Gasteiger partial charge < -0.3 is 11.1 Å². The fourth-order valence-corrected chi connectivity index (χ4v) is 2.66. The van der Waals surface area contributed by atoms with Crippen LogP contribution in [0.3, 0.4) is 0 Å². The smallest absolute Gasteiger partial charge is 0.0371 e. The number of benzene rings is 1. The summed E-state index contributed by atoms with van der Waals surface area (Å²) < 4.78 is 0. The molecule has 1 saturated heterocycles. The van der Waals surface area contributed by atoms with Crippen LogP contribution < -0.4 is 11.1 Å². The lowest BCUT2D eigenvalue weighted by molar-refractivity contribution is 0.277. The summed E-state index contributed by atoms with van der Waals surface area (Å²) in [6.07, 6.45) is 2.65. The van der Waals surface area contributed by atoms with Gasteiger partial charge in [-0.3, -0.25) is 4.90 Å². The van der Waals surface area contributed by atoms with Gasteiger partial charge in [-0.2, -0.15) is 0 Å². The van der Waals surface area contributed by atoms with Gasteiger partial charge in [-0.25, -0.2) is 0 Å². The number of hydrogen-bond donors (Lipinski definition) is 2. The lowest BCUT2D eigenvalue weighted by Gasteiger charge is -2.23. The first-order valence-electron chi connectivity index (χ1n) is 6.54. The third kappa shape index (κ3) is 2.91. The molecular formula is C14H23N3. The van der Waals surface area contributed by atoms with Crippen molar-refractivity contribution in [3.63, 3.8) is 0 Å². The molecule has 0 aromatic heterocycles. The van der Waals surface area contributed by atoms with Gasteiger partial charge in [0, 0.05) is 24.0 Å². The molecule has 1 aliphatic rings. The lowest BCUT2D eigenvalue weighted by Crippen LogP contribution is -2.34. The van der Waals surface area contributed by atoms with Crippen LogP contribution in [-0.2, 0) is 0 Å². The molecule has 1 heterocycles. The second kappa shape index (κ2) is 5.41. The van der Waals surface area contributed by atoms with Crippen molar-refractivity contribution in [1.29, 1.82) is 0 Å². The SMILES string of the molecule is CCN1CCCC1CNc1ccc(N)cc1C. The van der Waals surface area contributed by atoms with E-state index in [1.807, 2.05) is 12.1 Å². The van der Waals surface area contributed by atoms with Crippen LogP contribution in [0.15, 0.2) is 18.2 Å². The predicted octanol–water partition coefficient (Wildman–Crippen LogP) is 2.47. The second-order valence-corrected chi connectivity index (χ2v) is 4.88. The zero-order valence-corrected chi connectivity index (χ0v) is 10.9. The Kier molecular flexibility index (Phi) is 3.89. The highest BCUT2D eigenvalue weighted by molar-refractivity contribution is 5.57. The van der Waals surface area contributed by atoms with E-state index in [2.05, 4.69) is 30.1 Å². The van der Waals surface area contributed by atoms with Crippen molar-refractivity contribution in [3.05, 3.63) is 23.8 Å². The van der Waals surface area contributed by atoms with E-state index >= 15 is 0 Å². The van der Waals surface area contributed by atoms with Crippen molar-refractivity contribution in [3.8, 4) is 0 Å². The van der Waals surface area contributed by atoms with Crippen molar-refractivity contribution in [2.75, 3.05) is 30.7 Å². The van der Waals surface area contributed by atoms with Crippen molar-refractivity contribution < 1.29 is 0 Å². The van der Waals surface area contributed by atoms with E-state index in [9.17, 15) is 0 Å². The minimum absolute atomic E-state index is 0.692. The first kappa shape index (κ1) is 12.2. The molecule has 17 heavy (non-hydrogen) atoms. The van der Waals surface area contributed by atoms with Crippen molar-refractivity contribution in [2.45, 2.75) is 32.7 Å². The summed E-state index contributed by atoms with van der Waals surface area (Å²) in [5.74, 6) is 0. The fraction of sp³-hybridized carbons (Fsp3) is 0.571. The van der Waals surface area contributed by atoms with Crippen LogP contribution >= 0.6 is 0 Å². The molecule has 2 rings (SSSR count). The molecule has 1 unspecified atom stereocenters. The number of nitrogens with two attached hydrogens (primary N) is 1. The third-order valence-electron chi connectivity index (χ3n) is 3.68. The van der Waals surface area contributed by atoms with Crippen LogP contribution in [0.5, 0.6) is 0 Å². The molecule has 0 bridgehead atoms. The van der Waals surface area contributed by atoms with Gasteiger partial charge in [0.1, 0.15) is 0 Å². The number of aryl methyl sites for hydroxylation is 1. The number of rotatable bonds is 4. The molecule has 1 aliphatic heterocycles. The summed E-state index contributed by atoms with van der Waals surface area (Å²) in [5.41, 5.74) is 9.03. The molecule has 0 saturated carbocycles. The van der Waals surface area contributed by atoms with Crippen molar-refractivity contribution in [2.24, 2.45) is 0 Å². The highest BCUT2D eigenvalue weighted by Gasteiger charge is 2.22. The standard InChI is InChI=1S/C14H23N3/c1-3-17-8-4-5-13(17)10-16-14-7-6-12(15)9-11(14)2/h6-7,9,13,16H,3-5,8,10,15H2,1-2H3. The number of nitrogen functional groups attached to an aromatic ring is 1. The van der Waals surface area contributed by atoms with Crippen LogP contribution in [0.2, 0.25) is 0 Å². The Morgan fingerprint density at radius 2 is 2.29 bits per heavy atom. The van der Waals surface area contributed by atoms with Gasteiger partial charge in [0.15, 0.2) is 0 Å². The predicted molar refractivity (Wildman–Crippen MR) is 74.4 cm³/mol. The monoisotopic (exact) mass is 233 g/mol. The molecule has 3 nitrogen and oxygen atoms in total. The Morgan fingerprint density at radius 1 is 1.47 bits per heavy atom. The van der Waals surface area contributed by atoms with Gasteiger partial charge in [-0.05, 0) is 56.6 Å². The van der Waals surface area contributed by atoms with E-state index in [-0.39, 0.29) is 0 Å². The average Bonchev–Trinajstić information content (AvgIpc) is 2.75. The molecule has 0 amide bonds. The molecule has 0 radical (unpaired) electrons. The number of nitrogens with one attached hydrogen (secondary N) is 1. The molecule has 1 aromatic rings. The van der Waals surface area contributed by atoms with E-state index in [0.717, 1.165) is 18.8 Å². The second-order valence-electron chi connectivity index (χ2n) is 4.88. The van der Waals surface area contributed by atoms with Crippen molar-refractivity contribution in [1.82, 2.24) is 4.90 Å². The molecule has 0 spiro atoms. The summed E-state index contributed by atoms with van der Waals surface area (Å²) in [7, 11) is 0. The molecular weight excluding hydrogens is 210 g/mol. The Labute approximate surface area is 104 Å². The third-order valence-corrected chi connectivity index (χ3v) is 3.68.